The Kier molecular flexibility index (Phi) is 10.5. The SMILES string of the molecule is COc1ccc(C(c2ccc(Oc3ccc(S(=O)(=O)c4ccc(C)cc4)cc3)c(SOOO)c2)(C(F)(F)F)C(F)(F)F)cc1S(=O)(=O)O. The highest BCUT2D eigenvalue weighted by atomic mass is 32.2. The number of hydrogen-bond donors (Lipinski definition) is 2. The predicted molar refractivity (Wildman–Crippen MR) is 156 cm³/mol. The lowest BCUT2D eigenvalue weighted by molar-refractivity contribution is -0.432. The van der Waals surface area contributed by atoms with Crippen molar-refractivity contribution in [2.24, 2.45) is 0 Å². The number of hydrogen-bond acceptors (Lipinski definition) is 10. The third-order valence-electron chi connectivity index (χ3n) is 6.95. The van der Waals surface area contributed by atoms with Crippen molar-refractivity contribution < 1.29 is 71.8 Å². The lowest BCUT2D eigenvalue weighted by atomic mass is 9.73. The van der Waals surface area contributed by atoms with Gasteiger partial charge in [-0.15, -0.1) is 4.33 Å². The molecule has 10 nitrogen and oxygen atoms in total. The van der Waals surface area contributed by atoms with Gasteiger partial charge < -0.3 is 9.47 Å². The van der Waals surface area contributed by atoms with Gasteiger partial charge in [0, 0.05) is 0 Å². The van der Waals surface area contributed by atoms with E-state index in [4.69, 9.17) is 14.7 Å². The summed E-state index contributed by atoms with van der Waals surface area (Å²) in [5, 5.41) is 12.1. The first kappa shape index (κ1) is 37.0. The molecule has 2 N–H and O–H groups in total. The molecular formula is C29H22F6O10S3. The number of ether oxygens (including phenoxy) is 2. The standard InChI is InChI=1S/C29H22F6O10S3/c1-17-3-9-21(10-4-17)47(37,38)22-11-7-20(8-12-22)43-23-13-5-18(15-25(23)46-45-44-36)27(28(30,31)32,29(33,34)35)19-6-14-24(42-2)26(16-19)48(39,40)41/h3-16,36H,1-2H3,(H,39,40,41). The van der Waals surface area contributed by atoms with Crippen molar-refractivity contribution in [3.05, 3.63) is 102 Å². The quantitative estimate of drug-likeness (QED) is 0.0513. The zero-order valence-electron chi connectivity index (χ0n) is 24.2. The largest absolute Gasteiger partial charge is 0.495 e. The van der Waals surface area contributed by atoms with Gasteiger partial charge in [-0.3, -0.25) is 4.55 Å². The molecule has 0 aliphatic carbocycles. The number of aryl methyl sites for hydroxylation is 1. The average molecular weight is 741 g/mol. The molecule has 258 valence electrons. The molecule has 0 fully saturated rings. The molecule has 0 saturated heterocycles. The summed E-state index contributed by atoms with van der Waals surface area (Å²) in [5.74, 6) is -1.27. The summed E-state index contributed by atoms with van der Waals surface area (Å²) in [6.07, 6.45) is -12.4. The van der Waals surface area contributed by atoms with E-state index in [9.17, 15) is 47.7 Å². The minimum Gasteiger partial charge on any atom is -0.495 e. The number of methoxy groups -OCH3 is 1. The van der Waals surface area contributed by atoms with E-state index in [1.807, 2.05) is 0 Å². The van der Waals surface area contributed by atoms with E-state index in [2.05, 4.69) is 9.37 Å². The van der Waals surface area contributed by atoms with Crippen molar-refractivity contribution in [3.8, 4) is 17.2 Å². The summed E-state index contributed by atoms with van der Waals surface area (Å²) < 4.78 is 163. The van der Waals surface area contributed by atoms with Gasteiger partial charge in [0.1, 0.15) is 22.1 Å². The maximum absolute atomic E-state index is 14.8. The summed E-state index contributed by atoms with van der Waals surface area (Å²) in [6.45, 7) is 1.77. The zero-order chi connectivity index (χ0) is 35.7. The van der Waals surface area contributed by atoms with Gasteiger partial charge in [-0.1, -0.05) is 34.9 Å². The number of rotatable bonds is 11. The summed E-state index contributed by atoms with van der Waals surface area (Å²) in [4.78, 5) is -2.13. The molecule has 0 aromatic heterocycles. The van der Waals surface area contributed by atoms with Crippen molar-refractivity contribution in [1.29, 1.82) is 0 Å². The third kappa shape index (κ3) is 7.12. The van der Waals surface area contributed by atoms with Gasteiger partial charge in [-0.25, -0.2) is 13.7 Å². The van der Waals surface area contributed by atoms with Gasteiger partial charge in [-0.05, 0) is 78.7 Å². The second-order valence-corrected chi connectivity index (χ2v) is 13.9. The molecule has 0 bridgehead atoms. The second kappa shape index (κ2) is 13.6. The first-order valence-electron chi connectivity index (χ1n) is 13.0. The zero-order valence-corrected chi connectivity index (χ0v) is 26.7. The first-order valence-corrected chi connectivity index (χ1v) is 16.6. The predicted octanol–water partition coefficient (Wildman–Crippen LogP) is 7.71. The van der Waals surface area contributed by atoms with Crippen LogP contribution in [0.15, 0.2) is 105 Å². The minimum atomic E-state index is -6.19. The fourth-order valence-electron chi connectivity index (χ4n) is 4.70. The Morgan fingerprint density at radius 2 is 1.21 bits per heavy atom. The molecule has 0 aliphatic heterocycles. The van der Waals surface area contributed by atoms with Crippen molar-refractivity contribution in [3.63, 3.8) is 0 Å². The maximum atomic E-state index is 14.8. The summed E-state index contributed by atoms with van der Waals surface area (Å²) in [7, 11) is -8.45. The number of alkyl halides is 6. The van der Waals surface area contributed by atoms with E-state index in [1.54, 1.807) is 19.1 Å². The molecule has 0 spiro atoms. The van der Waals surface area contributed by atoms with Gasteiger partial charge in [0.05, 0.1) is 33.8 Å². The van der Waals surface area contributed by atoms with E-state index in [1.165, 1.54) is 24.3 Å². The van der Waals surface area contributed by atoms with Crippen LogP contribution < -0.4 is 9.47 Å². The van der Waals surface area contributed by atoms with Gasteiger partial charge >= 0.3 is 12.4 Å². The van der Waals surface area contributed by atoms with Crippen molar-refractivity contribution in [2.45, 2.75) is 44.3 Å². The van der Waals surface area contributed by atoms with Gasteiger partial charge in [0.25, 0.3) is 10.1 Å². The Hall–Kier alpha value is -3.85. The Bertz CT molecular complexity index is 1980. The molecule has 0 radical (unpaired) electrons. The molecule has 48 heavy (non-hydrogen) atoms. The summed E-state index contributed by atoms with van der Waals surface area (Å²) >= 11 is -0.0514. The van der Waals surface area contributed by atoms with E-state index in [0.29, 0.717) is 30.3 Å². The number of benzene rings is 4. The monoisotopic (exact) mass is 740 g/mol. The molecule has 4 aromatic rings. The highest BCUT2D eigenvalue weighted by Gasteiger charge is 2.72. The highest BCUT2D eigenvalue weighted by Crippen LogP contribution is 2.57. The summed E-state index contributed by atoms with van der Waals surface area (Å²) in [6, 6.07) is 13.0. The fourth-order valence-corrected chi connectivity index (χ4v) is 7.12. The van der Waals surface area contributed by atoms with Crippen molar-refractivity contribution >= 4 is 32.0 Å². The Morgan fingerprint density at radius 1 is 0.708 bits per heavy atom. The molecular weight excluding hydrogens is 718 g/mol. The van der Waals surface area contributed by atoms with Crippen molar-refractivity contribution in [1.82, 2.24) is 0 Å². The molecule has 0 amide bonds. The van der Waals surface area contributed by atoms with Crippen LogP contribution in [0.3, 0.4) is 0 Å². The van der Waals surface area contributed by atoms with Crippen LogP contribution in [-0.2, 0) is 34.7 Å². The number of halogens is 6. The maximum Gasteiger partial charge on any atom is 0.411 e. The molecule has 4 aromatic carbocycles. The Balaban J connectivity index is 1.85. The average Bonchev–Trinajstić information content (AvgIpc) is 3.00. The molecule has 0 heterocycles. The normalized spacial score (nSPS) is 13.0. The first-order chi connectivity index (χ1) is 22.3. The molecule has 0 unspecified atom stereocenters. The van der Waals surface area contributed by atoms with Crippen LogP contribution in [0.4, 0.5) is 26.3 Å². The minimum absolute atomic E-state index is 0.00410. The topological polar surface area (TPSA) is 146 Å². The van der Waals surface area contributed by atoms with E-state index in [0.717, 1.165) is 24.8 Å². The Labute approximate surface area is 273 Å². The molecule has 0 atom stereocenters. The second-order valence-electron chi connectivity index (χ2n) is 9.86. The fraction of sp³-hybridized carbons (Fsp3) is 0.172. The molecule has 19 heteroatoms. The van der Waals surface area contributed by atoms with Gasteiger partial charge in [0.15, 0.2) is 0 Å². The van der Waals surface area contributed by atoms with Crippen LogP contribution in [0.5, 0.6) is 17.2 Å². The van der Waals surface area contributed by atoms with Crippen LogP contribution in [-0.4, -0.2) is 46.1 Å². The van der Waals surface area contributed by atoms with Gasteiger partial charge in [-0.2, -0.15) is 34.8 Å². The molecule has 4 rings (SSSR count). The lowest BCUT2D eigenvalue weighted by Crippen LogP contribution is -2.54. The van der Waals surface area contributed by atoms with Crippen LogP contribution in [0, 0.1) is 6.92 Å². The van der Waals surface area contributed by atoms with Gasteiger partial charge in [0.2, 0.25) is 15.3 Å². The third-order valence-corrected chi connectivity index (χ3v) is 10.2. The van der Waals surface area contributed by atoms with E-state index >= 15 is 0 Å². The summed E-state index contributed by atoms with van der Waals surface area (Å²) in [5.41, 5.74) is -7.25. The molecule has 0 aliphatic rings. The van der Waals surface area contributed by atoms with E-state index in [-0.39, 0.29) is 33.6 Å². The molecule has 0 saturated carbocycles. The smallest absolute Gasteiger partial charge is 0.411 e. The number of sulfone groups is 1. The van der Waals surface area contributed by atoms with Crippen LogP contribution in [0.1, 0.15) is 16.7 Å². The van der Waals surface area contributed by atoms with Crippen molar-refractivity contribution in [2.75, 3.05) is 7.11 Å². The van der Waals surface area contributed by atoms with E-state index < -0.39 is 70.1 Å². The Morgan fingerprint density at radius 3 is 1.69 bits per heavy atom. The van der Waals surface area contributed by atoms with Crippen LogP contribution >= 0.6 is 12.0 Å². The van der Waals surface area contributed by atoms with Crippen LogP contribution in [0.2, 0.25) is 0 Å². The lowest BCUT2D eigenvalue weighted by Gasteiger charge is -2.38. The highest BCUT2D eigenvalue weighted by molar-refractivity contribution is 7.94. The van der Waals surface area contributed by atoms with Crippen LogP contribution in [0.25, 0.3) is 0 Å².